The number of aromatic nitrogens is 3. The molecule has 2 heterocycles. The number of ether oxygens (including phenoxy) is 1. The third kappa shape index (κ3) is 4.69. The third-order valence-corrected chi connectivity index (χ3v) is 5.78. The molecule has 1 N–H and O–H groups in total. The summed E-state index contributed by atoms with van der Waals surface area (Å²) in [5, 5.41) is 8.28. The summed E-state index contributed by atoms with van der Waals surface area (Å²) in [5.74, 6) is 0.525. The number of hydrogen-bond donors (Lipinski definition) is 1. The van der Waals surface area contributed by atoms with Crippen LogP contribution in [0, 0.1) is 6.92 Å². The van der Waals surface area contributed by atoms with Crippen LogP contribution in [0.25, 0.3) is 11.0 Å². The van der Waals surface area contributed by atoms with Gasteiger partial charge in [0.05, 0.1) is 35.8 Å². The number of carbonyl (C=O) groups excluding carboxylic acids is 2. The van der Waals surface area contributed by atoms with Gasteiger partial charge in [0.15, 0.2) is 5.65 Å². The molecular formula is C25H31N5O3. The van der Waals surface area contributed by atoms with E-state index in [2.05, 4.69) is 26.1 Å². The van der Waals surface area contributed by atoms with Crippen LogP contribution in [-0.2, 0) is 10.3 Å². The molecule has 1 aromatic carbocycles. The van der Waals surface area contributed by atoms with Crippen LogP contribution in [-0.4, -0.2) is 52.2 Å². The summed E-state index contributed by atoms with van der Waals surface area (Å²) in [6.45, 7) is 8.03. The molecule has 0 radical (unpaired) electrons. The van der Waals surface area contributed by atoms with Gasteiger partial charge in [-0.3, -0.25) is 9.59 Å². The maximum atomic E-state index is 13.5. The summed E-state index contributed by atoms with van der Waals surface area (Å²) >= 11 is 0. The molecule has 0 atom stereocenters. The molecule has 174 valence electrons. The lowest BCUT2D eigenvalue weighted by molar-refractivity contribution is -0.116. The molecule has 3 aromatic rings. The van der Waals surface area contributed by atoms with Crippen LogP contribution in [0.3, 0.4) is 0 Å². The smallest absolute Gasteiger partial charge is 0.254 e. The molecule has 1 aliphatic rings. The molecular weight excluding hydrogens is 418 g/mol. The standard InChI is InChI=1S/C25H31N5O3/c1-15-22-19(13-20(16-10-11-16)27-23(22)30(28-15)25(2,3)4)24(32)29(5)14-21(31)26-17-8-7-9-18(12-17)33-6/h7-9,12-13,16H,10-11,14H2,1-6H3,(H,26,31). The SMILES string of the molecule is COc1cccc(NC(=O)CN(C)C(=O)c2cc(C3CC3)nc3c2c(C)nn3C(C)(C)C)c1. The van der Waals surface area contributed by atoms with Crippen molar-refractivity contribution in [2.45, 2.75) is 52.0 Å². The summed E-state index contributed by atoms with van der Waals surface area (Å²) in [5.41, 5.74) is 3.29. The van der Waals surface area contributed by atoms with Crippen molar-refractivity contribution in [1.82, 2.24) is 19.7 Å². The van der Waals surface area contributed by atoms with Crippen molar-refractivity contribution in [3.63, 3.8) is 0 Å². The van der Waals surface area contributed by atoms with Gasteiger partial charge in [-0.25, -0.2) is 9.67 Å². The van der Waals surface area contributed by atoms with Gasteiger partial charge in [-0.15, -0.1) is 0 Å². The Morgan fingerprint density at radius 2 is 1.97 bits per heavy atom. The number of nitrogens with zero attached hydrogens (tertiary/aromatic N) is 4. The van der Waals surface area contributed by atoms with Crippen molar-refractivity contribution in [2.75, 3.05) is 26.0 Å². The average Bonchev–Trinajstić information content (AvgIpc) is 3.55. The van der Waals surface area contributed by atoms with Gasteiger partial charge in [0.25, 0.3) is 5.91 Å². The van der Waals surface area contributed by atoms with Crippen LogP contribution in [0.1, 0.15) is 61.3 Å². The average molecular weight is 450 g/mol. The molecule has 0 aliphatic heterocycles. The molecule has 4 rings (SSSR count). The second kappa shape index (κ2) is 8.50. The monoisotopic (exact) mass is 449 g/mol. The quantitative estimate of drug-likeness (QED) is 0.612. The second-order valence-corrected chi connectivity index (χ2v) is 9.68. The number of rotatable bonds is 6. The van der Waals surface area contributed by atoms with Gasteiger partial charge in [0.1, 0.15) is 5.75 Å². The van der Waals surface area contributed by atoms with Gasteiger partial charge in [-0.2, -0.15) is 5.10 Å². The number of benzene rings is 1. The van der Waals surface area contributed by atoms with Gasteiger partial charge >= 0.3 is 0 Å². The highest BCUT2D eigenvalue weighted by atomic mass is 16.5. The Bertz CT molecular complexity index is 1220. The Balaban J connectivity index is 1.62. The van der Waals surface area contributed by atoms with Crippen LogP contribution in [0.2, 0.25) is 0 Å². The minimum atomic E-state index is -0.283. The van der Waals surface area contributed by atoms with E-state index in [-0.39, 0.29) is 23.9 Å². The lowest BCUT2D eigenvalue weighted by Gasteiger charge is -2.21. The molecule has 8 nitrogen and oxygen atoms in total. The van der Waals surface area contributed by atoms with Gasteiger partial charge in [-0.1, -0.05) is 6.07 Å². The Kier molecular flexibility index (Phi) is 5.86. The molecule has 33 heavy (non-hydrogen) atoms. The van der Waals surface area contributed by atoms with Crippen LogP contribution >= 0.6 is 0 Å². The number of fused-ring (bicyclic) bond motifs is 1. The third-order valence-electron chi connectivity index (χ3n) is 5.78. The summed E-state index contributed by atoms with van der Waals surface area (Å²) in [6, 6.07) is 9.00. The molecule has 0 unspecified atom stereocenters. The number of pyridine rings is 1. The number of aryl methyl sites for hydroxylation is 1. The Morgan fingerprint density at radius 1 is 1.24 bits per heavy atom. The lowest BCUT2D eigenvalue weighted by Crippen LogP contribution is -2.35. The summed E-state index contributed by atoms with van der Waals surface area (Å²) in [4.78, 5) is 32.5. The van der Waals surface area contributed by atoms with Gasteiger partial charge < -0.3 is 15.0 Å². The predicted molar refractivity (Wildman–Crippen MR) is 128 cm³/mol. The number of hydrogen-bond acceptors (Lipinski definition) is 5. The zero-order valence-electron chi connectivity index (χ0n) is 20.1. The predicted octanol–water partition coefficient (Wildman–Crippen LogP) is 4.09. The van der Waals surface area contributed by atoms with Crippen LogP contribution < -0.4 is 10.1 Å². The number of nitrogens with one attached hydrogen (secondary N) is 1. The Hall–Kier alpha value is -3.42. The van der Waals surface area contributed by atoms with Crippen molar-refractivity contribution < 1.29 is 14.3 Å². The summed E-state index contributed by atoms with van der Waals surface area (Å²) in [6.07, 6.45) is 2.15. The first kappa shape index (κ1) is 22.8. The number of carbonyl (C=O) groups is 2. The van der Waals surface area contributed by atoms with E-state index in [0.29, 0.717) is 22.9 Å². The molecule has 1 fully saturated rings. The zero-order valence-corrected chi connectivity index (χ0v) is 20.1. The first-order chi connectivity index (χ1) is 15.6. The topological polar surface area (TPSA) is 89.3 Å². The van der Waals surface area contributed by atoms with Crippen molar-refractivity contribution in [3.05, 3.63) is 47.3 Å². The highest BCUT2D eigenvalue weighted by Crippen LogP contribution is 2.41. The molecule has 0 spiro atoms. The first-order valence-corrected chi connectivity index (χ1v) is 11.2. The second-order valence-electron chi connectivity index (χ2n) is 9.68. The zero-order chi connectivity index (χ0) is 23.9. The molecule has 2 aromatic heterocycles. The lowest BCUT2D eigenvalue weighted by atomic mass is 10.1. The highest BCUT2D eigenvalue weighted by molar-refractivity contribution is 6.08. The van der Waals surface area contributed by atoms with Gasteiger partial charge in [0, 0.05) is 30.4 Å². The Morgan fingerprint density at radius 3 is 2.61 bits per heavy atom. The van der Waals surface area contributed by atoms with Gasteiger partial charge in [0.2, 0.25) is 5.91 Å². The molecule has 0 bridgehead atoms. The fourth-order valence-electron chi connectivity index (χ4n) is 3.93. The molecule has 0 saturated heterocycles. The van der Waals surface area contributed by atoms with E-state index >= 15 is 0 Å². The van der Waals surface area contributed by atoms with E-state index in [0.717, 1.165) is 35.3 Å². The molecule has 8 heteroatoms. The van der Waals surface area contributed by atoms with E-state index in [1.165, 1.54) is 4.90 Å². The fraction of sp³-hybridized carbons (Fsp3) is 0.440. The van der Waals surface area contributed by atoms with E-state index in [9.17, 15) is 9.59 Å². The maximum Gasteiger partial charge on any atom is 0.254 e. The van der Waals surface area contributed by atoms with E-state index in [1.54, 1.807) is 38.4 Å². The van der Waals surface area contributed by atoms with Crippen molar-refractivity contribution in [3.8, 4) is 5.75 Å². The largest absolute Gasteiger partial charge is 0.497 e. The number of likely N-dealkylation sites (N-methyl/N-ethyl adjacent to an activating group) is 1. The molecule has 1 saturated carbocycles. The van der Waals surface area contributed by atoms with E-state index in [1.807, 2.05) is 17.7 Å². The van der Waals surface area contributed by atoms with Crippen LogP contribution in [0.5, 0.6) is 5.75 Å². The number of amides is 2. The Labute approximate surface area is 193 Å². The minimum absolute atomic E-state index is 0.0783. The van der Waals surface area contributed by atoms with Crippen molar-refractivity contribution in [2.24, 2.45) is 0 Å². The van der Waals surface area contributed by atoms with E-state index < -0.39 is 0 Å². The first-order valence-electron chi connectivity index (χ1n) is 11.2. The van der Waals surface area contributed by atoms with E-state index in [4.69, 9.17) is 14.8 Å². The molecule has 2 amide bonds. The highest BCUT2D eigenvalue weighted by Gasteiger charge is 2.31. The number of methoxy groups -OCH3 is 1. The summed E-state index contributed by atoms with van der Waals surface area (Å²) < 4.78 is 7.10. The van der Waals surface area contributed by atoms with Crippen LogP contribution in [0.15, 0.2) is 30.3 Å². The van der Waals surface area contributed by atoms with Gasteiger partial charge in [-0.05, 0) is 58.7 Å². The molecule has 1 aliphatic carbocycles. The summed E-state index contributed by atoms with van der Waals surface area (Å²) in [7, 11) is 3.21. The van der Waals surface area contributed by atoms with Crippen molar-refractivity contribution >= 4 is 28.5 Å². The normalized spacial score (nSPS) is 13.8. The maximum absolute atomic E-state index is 13.5. The fourth-order valence-corrected chi connectivity index (χ4v) is 3.93. The minimum Gasteiger partial charge on any atom is -0.497 e. The van der Waals surface area contributed by atoms with Crippen LogP contribution in [0.4, 0.5) is 5.69 Å². The number of anilines is 1. The van der Waals surface area contributed by atoms with Crippen molar-refractivity contribution in [1.29, 1.82) is 0 Å².